The standard InChI is InChI=1S/C66H135N2O6P/c1-6-8-10-12-14-16-18-20-22-24-26-28-29-30-31-32-33-34-35-36-37-38-40-42-44-46-48-50-52-54-56-58-60-66(70)67-64(63-74-75(71,72)73-62-61-68(3,4)5)65(69)59-57-55-53-51-49-47-45-43-41-39-27-25-23-21-19-17-15-13-11-9-7-2/h64-65,69H,6-63H2,1-5H3,(H-,67,70,71,72)/p+1. The topological polar surface area (TPSA) is 105 Å². The van der Waals surface area contributed by atoms with Crippen molar-refractivity contribution in [3.05, 3.63) is 0 Å². The molecule has 0 heterocycles. The molecule has 0 spiro atoms. The molecular formula is C66H136N2O6P+. The van der Waals surface area contributed by atoms with Gasteiger partial charge in [-0.05, 0) is 12.8 Å². The van der Waals surface area contributed by atoms with E-state index in [4.69, 9.17) is 9.05 Å². The van der Waals surface area contributed by atoms with Crippen molar-refractivity contribution >= 4 is 13.7 Å². The number of quaternary nitrogens is 1. The number of aliphatic hydroxyl groups is 1. The van der Waals surface area contributed by atoms with Crippen LogP contribution in [0.4, 0.5) is 0 Å². The van der Waals surface area contributed by atoms with Gasteiger partial charge in [-0.15, -0.1) is 0 Å². The van der Waals surface area contributed by atoms with Gasteiger partial charge in [0.15, 0.2) is 0 Å². The van der Waals surface area contributed by atoms with Crippen molar-refractivity contribution in [3.63, 3.8) is 0 Å². The molecule has 8 nitrogen and oxygen atoms in total. The van der Waals surface area contributed by atoms with E-state index in [-0.39, 0.29) is 19.1 Å². The maximum absolute atomic E-state index is 13.1. The number of carbonyl (C=O) groups excluding carboxylic acids is 1. The van der Waals surface area contributed by atoms with Crippen molar-refractivity contribution in [1.29, 1.82) is 0 Å². The van der Waals surface area contributed by atoms with E-state index in [2.05, 4.69) is 19.2 Å². The third-order valence-electron chi connectivity index (χ3n) is 16.1. The summed E-state index contributed by atoms with van der Waals surface area (Å²) in [6.07, 6.45) is 72.0. The molecule has 450 valence electrons. The van der Waals surface area contributed by atoms with Crippen LogP contribution >= 0.6 is 7.82 Å². The van der Waals surface area contributed by atoms with Crippen molar-refractivity contribution < 1.29 is 32.9 Å². The van der Waals surface area contributed by atoms with E-state index < -0.39 is 20.0 Å². The molecule has 3 atom stereocenters. The Morgan fingerprint density at radius 1 is 0.400 bits per heavy atom. The predicted octanol–water partition coefficient (Wildman–Crippen LogP) is 21.2. The number of aliphatic hydroxyl groups excluding tert-OH is 1. The van der Waals surface area contributed by atoms with Crippen molar-refractivity contribution in [2.24, 2.45) is 0 Å². The van der Waals surface area contributed by atoms with Crippen LogP contribution in [0.5, 0.6) is 0 Å². The highest BCUT2D eigenvalue weighted by atomic mass is 31.2. The molecule has 0 saturated heterocycles. The average molecular weight is 1080 g/mol. The lowest BCUT2D eigenvalue weighted by Gasteiger charge is -2.26. The number of nitrogens with zero attached hydrogens (tertiary/aromatic N) is 1. The first kappa shape index (κ1) is 74.5. The molecular weight excluding hydrogens is 948 g/mol. The van der Waals surface area contributed by atoms with E-state index in [1.807, 2.05) is 21.1 Å². The molecule has 3 unspecified atom stereocenters. The van der Waals surface area contributed by atoms with Gasteiger partial charge in [0.25, 0.3) is 0 Å². The Balaban J connectivity index is 3.97. The molecule has 0 aromatic rings. The van der Waals surface area contributed by atoms with E-state index in [0.29, 0.717) is 23.9 Å². The van der Waals surface area contributed by atoms with E-state index in [9.17, 15) is 19.4 Å². The van der Waals surface area contributed by atoms with Gasteiger partial charge in [0.1, 0.15) is 13.2 Å². The Kier molecular flexibility index (Phi) is 57.8. The van der Waals surface area contributed by atoms with E-state index in [1.54, 1.807) is 0 Å². The minimum Gasteiger partial charge on any atom is -0.391 e. The largest absolute Gasteiger partial charge is 0.472 e. The first-order valence-corrected chi connectivity index (χ1v) is 35.4. The van der Waals surface area contributed by atoms with E-state index in [0.717, 1.165) is 38.5 Å². The molecule has 0 aliphatic rings. The fourth-order valence-corrected chi connectivity index (χ4v) is 11.6. The normalized spacial score (nSPS) is 13.6. The number of unbranched alkanes of at least 4 members (excludes halogenated alkanes) is 51. The second-order valence-corrected chi connectivity index (χ2v) is 26.4. The van der Waals surface area contributed by atoms with E-state index in [1.165, 1.54) is 302 Å². The zero-order valence-electron chi connectivity index (χ0n) is 51.6. The van der Waals surface area contributed by atoms with E-state index >= 15 is 0 Å². The molecule has 3 N–H and O–H groups in total. The molecule has 9 heteroatoms. The van der Waals surface area contributed by atoms with Crippen LogP contribution in [-0.2, 0) is 18.4 Å². The Morgan fingerprint density at radius 3 is 0.893 bits per heavy atom. The van der Waals surface area contributed by atoms with Gasteiger partial charge in [-0.25, -0.2) is 4.57 Å². The van der Waals surface area contributed by atoms with Crippen LogP contribution in [0.15, 0.2) is 0 Å². The minimum atomic E-state index is -4.32. The third-order valence-corrected chi connectivity index (χ3v) is 17.1. The van der Waals surface area contributed by atoms with Crippen LogP contribution in [0.3, 0.4) is 0 Å². The number of likely N-dealkylation sites (N-methyl/N-ethyl adjacent to an activating group) is 1. The first-order chi connectivity index (χ1) is 36.5. The van der Waals surface area contributed by atoms with Gasteiger partial charge in [0, 0.05) is 6.42 Å². The van der Waals surface area contributed by atoms with Crippen molar-refractivity contribution in [2.75, 3.05) is 40.9 Å². The monoisotopic (exact) mass is 1080 g/mol. The van der Waals surface area contributed by atoms with Gasteiger partial charge in [0.2, 0.25) is 5.91 Å². The third kappa shape index (κ3) is 61.0. The minimum absolute atomic E-state index is 0.0794. The second-order valence-electron chi connectivity index (χ2n) is 24.9. The summed E-state index contributed by atoms with van der Waals surface area (Å²) >= 11 is 0. The summed E-state index contributed by atoms with van der Waals surface area (Å²) < 4.78 is 23.9. The first-order valence-electron chi connectivity index (χ1n) is 33.9. The Hall–Kier alpha value is -0.500. The fraction of sp³-hybridized carbons (Fsp3) is 0.985. The molecule has 0 aromatic heterocycles. The van der Waals surface area contributed by atoms with Gasteiger partial charge < -0.3 is 19.8 Å². The zero-order chi connectivity index (χ0) is 54.9. The molecule has 75 heavy (non-hydrogen) atoms. The molecule has 0 rings (SSSR count). The summed E-state index contributed by atoms with van der Waals surface area (Å²) in [6, 6.07) is -0.756. The van der Waals surface area contributed by atoms with Gasteiger partial charge in [-0.3, -0.25) is 13.8 Å². The molecule has 1 amide bonds. The van der Waals surface area contributed by atoms with Gasteiger partial charge in [-0.1, -0.05) is 348 Å². The van der Waals surface area contributed by atoms with Crippen LogP contribution in [-0.4, -0.2) is 73.4 Å². The highest BCUT2D eigenvalue weighted by molar-refractivity contribution is 7.47. The van der Waals surface area contributed by atoms with Crippen LogP contribution in [0, 0.1) is 0 Å². The summed E-state index contributed by atoms with van der Waals surface area (Å²) in [6.45, 7) is 4.96. The molecule has 0 aromatic carbocycles. The number of hydrogen-bond donors (Lipinski definition) is 3. The van der Waals surface area contributed by atoms with Crippen LogP contribution in [0.1, 0.15) is 367 Å². The number of hydrogen-bond acceptors (Lipinski definition) is 5. The molecule has 0 aliphatic carbocycles. The summed E-state index contributed by atoms with van der Waals surface area (Å²) in [7, 11) is 1.64. The maximum Gasteiger partial charge on any atom is 0.472 e. The lowest BCUT2D eigenvalue weighted by molar-refractivity contribution is -0.870. The summed E-state index contributed by atoms with van der Waals surface area (Å²) in [4.78, 5) is 23.4. The lowest BCUT2D eigenvalue weighted by atomic mass is 10.0. The predicted molar refractivity (Wildman–Crippen MR) is 328 cm³/mol. The highest BCUT2D eigenvalue weighted by Crippen LogP contribution is 2.43. The zero-order valence-corrected chi connectivity index (χ0v) is 52.5. The molecule has 0 fully saturated rings. The molecule has 0 saturated carbocycles. The molecule has 0 bridgehead atoms. The molecule has 0 radical (unpaired) electrons. The number of nitrogens with one attached hydrogen (secondary N) is 1. The van der Waals surface area contributed by atoms with Gasteiger partial charge >= 0.3 is 7.82 Å². The number of phosphoric acid groups is 1. The van der Waals surface area contributed by atoms with Gasteiger partial charge in [-0.2, -0.15) is 0 Å². The fourth-order valence-electron chi connectivity index (χ4n) is 10.8. The number of carbonyl (C=O) groups is 1. The maximum atomic E-state index is 13.1. The molecule has 0 aliphatic heterocycles. The highest BCUT2D eigenvalue weighted by Gasteiger charge is 2.28. The second kappa shape index (κ2) is 58.2. The SMILES string of the molecule is CCCCCCCCCCCCCCCCCCCCCCCCCCCCCCCCCCC(=O)NC(COP(=O)(O)OCC[N+](C)(C)C)C(O)CCCCCCCCCCCCCCCCCCCCCCC. The smallest absolute Gasteiger partial charge is 0.391 e. The number of rotatable bonds is 64. The lowest BCUT2D eigenvalue weighted by Crippen LogP contribution is -2.46. The van der Waals surface area contributed by atoms with Crippen LogP contribution in [0.25, 0.3) is 0 Å². The van der Waals surface area contributed by atoms with Gasteiger partial charge in [0.05, 0.1) is 39.9 Å². The van der Waals surface area contributed by atoms with Crippen molar-refractivity contribution in [2.45, 2.75) is 379 Å². The average Bonchev–Trinajstić information content (AvgIpc) is 3.37. The summed E-state index contributed by atoms with van der Waals surface area (Å²) in [5.74, 6) is -0.134. The van der Waals surface area contributed by atoms with Crippen LogP contribution in [0.2, 0.25) is 0 Å². The van der Waals surface area contributed by atoms with Crippen molar-refractivity contribution in [3.8, 4) is 0 Å². The number of phosphoric ester groups is 1. The number of amides is 1. The Labute approximate surface area is 470 Å². The summed E-state index contributed by atoms with van der Waals surface area (Å²) in [5.41, 5.74) is 0. The Morgan fingerprint density at radius 2 is 0.640 bits per heavy atom. The summed E-state index contributed by atoms with van der Waals surface area (Å²) in [5, 5.41) is 14.1. The van der Waals surface area contributed by atoms with Crippen molar-refractivity contribution in [1.82, 2.24) is 5.32 Å². The van der Waals surface area contributed by atoms with Crippen LogP contribution < -0.4 is 5.32 Å². The quantitative estimate of drug-likeness (QED) is 0.0318. The Bertz CT molecular complexity index is 1180.